The third-order valence-corrected chi connectivity index (χ3v) is 12.7. The van der Waals surface area contributed by atoms with Crippen LogP contribution in [-0.4, -0.2) is 132 Å². The Morgan fingerprint density at radius 2 is 1.92 bits per heavy atom. The van der Waals surface area contributed by atoms with Gasteiger partial charge in [-0.05, 0) is 77.3 Å². The average molecular weight is 677 g/mol. The number of urea groups is 1. The van der Waals surface area contributed by atoms with E-state index in [0.717, 1.165) is 32.2 Å². The van der Waals surface area contributed by atoms with Gasteiger partial charge in [0.1, 0.15) is 12.3 Å². The van der Waals surface area contributed by atoms with Gasteiger partial charge in [-0.3, -0.25) is 15.0 Å². The molecule has 12 heteroatoms. The van der Waals surface area contributed by atoms with Crippen molar-refractivity contribution in [1.29, 1.82) is 0 Å². The fourth-order valence-corrected chi connectivity index (χ4v) is 10.5. The van der Waals surface area contributed by atoms with Crippen LogP contribution >= 0.6 is 0 Å². The molecule has 5 aliphatic heterocycles. The number of carbonyl (C=O) groups excluding carboxylic acids is 2. The van der Waals surface area contributed by atoms with Crippen molar-refractivity contribution in [3.8, 4) is 0 Å². The minimum absolute atomic E-state index is 0.0000670. The number of hydrogen-bond acceptors (Lipinski definition) is 8. The second kappa shape index (κ2) is 14.8. The van der Waals surface area contributed by atoms with Crippen LogP contribution in [0.2, 0.25) is 0 Å². The lowest BCUT2D eigenvalue weighted by atomic mass is 9.69. The first-order valence-electron chi connectivity index (χ1n) is 18.8. The summed E-state index contributed by atoms with van der Waals surface area (Å²) >= 11 is 0. The highest BCUT2D eigenvalue weighted by Gasteiger charge is 2.58. The summed E-state index contributed by atoms with van der Waals surface area (Å²) in [6, 6.07) is -0.679. The zero-order valence-electron chi connectivity index (χ0n) is 29.9. The quantitative estimate of drug-likeness (QED) is 0.329. The predicted octanol–water partition coefficient (Wildman–Crippen LogP) is 2.69. The molecule has 13 unspecified atom stereocenters. The molecule has 6 fully saturated rings. The third-order valence-electron chi connectivity index (χ3n) is 12.7. The molecule has 5 heterocycles. The van der Waals surface area contributed by atoms with Gasteiger partial charge >= 0.3 is 6.03 Å². The van der Waals surface area contributed by atoms with E-state index in [1.807, 2.05) is 16.7 Å². The number of carbonyl (C=O) groups is 2. The second-order valence-corrected chi connectivity index (χ2v) is 16.0. The van der Waals surface area contributed by atoms with Crippen molar-refractivity contribution in [2.24, 2.45) is 29.6 Å². The fourth-order valence-electron chi connectivity index (χ4n) is 10.5. The van der Waals surface area contributed by atoms with Gasteiger partial charge in [0.15, 0.2) is 0 Å². The fraction of sp³-hybridized carbons (Fsp3) is 0.889. The van der Waals surface area contributed by atoms with Crippen LogP contribution in [-0.2, 0) is 14.3 Å². The Kier molecular flexibility index (Phi) is 11.1. The molecule has 4 N–H and O–H groups in total. The summed E-state index contributed by atoms with van der Waals surface area (Å²) in [7, 11) is 0. The summed E-state index contributed by atoms with van der Waals surface area (Å²) in [5.41, 5.74) is 0. The van der Waals surface area contributed by atoms with E-state index < -0.39 is 18.4 Å². The van der Waals surface area contributed by atoms with Gasteiger partial charge in [0.05, 0.1) is 37.2 Å². The summed E-state index contributed by atoms with van der Waals surface area (Å²) in [6.45, 7) is 18.8. The first kappa shape index (κ1) is 36.0. The Hall–Kier alpha value is -1.83. The summed E-state index contributed by atoms with van der Waals surface area (Å²) in [5.74, 6) is -0.263. The molecular formula is C36H61FN6O5. The number of fused-ring (bicyclic) bond motifs is 5. The molecule has 48 heavy (non-hydrogen) atoms. The molecule has 3 amide bonds. The summed E-state index contributed by atoms with van der Waals surface area (Å²) in [4.78, 5) is 33.8. The van der Waals surface area contributed by atoms with Crippen molar-refractivity contribution < 1.29 is 28.6 Å². The van der Waals surface area contributed by atoms with E-state index in [1.165, 1.54) is 6.08 Å². The lowest BCUT2D eigenvalue weighted by Gasteiger charge is -2.61. The van der Waals surface area contributed by atoms with E-state index in [1.54, 1.807) is 0 Å². The van der Waals surface area contributed by atoms with Crippen LogP contribution in [0.15, 0.2) is 12.7 Å². The molecule has 11 nitrogen and oxygen atoms in total. The molecule has 15 atom stereocenters. The van der Waals surface area contributed by atoms with Crippen LogP contribution in [0.4, 0.5) is 9.18 Å². The van der Waals surface area contributed by atoms with E-state index in [-0.39, 0.29) is 96.8 Å². The Balaban J connectivity index is 1.44. The van der Waals surface area contributed by atoms with Gasteiger partial charge in [-0.25, -0.2) is 9.18 Å². The number of rotatable bonds is 5. The van der Waals surface area contributed by atoms with Crippen molar-refractivity contribution in [2.75, 3.05) is 32.8 Å². The Morgan fingerprint density at radius 3 is 2.62 bits per heavy atom. The molecule has 0 aromatic rings. The van der Waals surface area contributed by atoms with E-state index in [9.17, 15) is 14.7 Å². The summed E-state index contributed by atoms with van der Waals surface area (Å²) < 4.78 is 29.0. The van der Waals surface area contributed by atoms with Gasteiger partial charge in [0.25, 0.3) is 0 Å². The SMILES string of the molecule is C=CC(=O)N1C[C@H](C)N(C2NC(=O)N3C4NC(C(C)CC42)C2C(F)CCCC2OCC(O)C(OCC)C2CCNC(C(C)C)C23)C[C@H]1C. The van der Waals surface area contributed by atoms with Crippen LogP contribution in [0.5, 0.6) is 0 Å². The number of alkyl halides is 1. The highest BCUT2D eigenvalue weighted by Crippen LogP contribution is 2.45. The smallest absolute Gasteiger partial charge is 0.320 e. The summed E-state index contributed by atoms with van der Waals surface area (Å²) in [5, 5.41) is 23.0. The number of aliphatic hydroxyl groups excluding tert-OH is 1. The lowest BCUT2D eigenvalue weighted by Crippen LogP contribution is -2.80. The monoisotopic (exact) mass is 676 g/mol. The van der Waals surface area contributed by atoms with E-state index >= 15 is 4.39 Å². The van der Waals surface area contributed by atoms with Gasteiger partial charge in [-0.2, -0.15) is 0 Å². The topological polar surface area (TPSA) is 119 Å². The second-order valence-electron chi connectivity index (χ2n) is 16.0. The van der Waals surface area contributed by atoms with Crippen LogP contribution in [0.1, 0.15) is 73.6 Å². The van der Waals surface area contributed by atoms with Gasteiger partial charge in [0.2, 0.25) is 5.91 Å². The maximum absolute atomic E-state index is 16.1. The first-order valence-corrected chi connectivity index (χ1v) is 18.8. The van der Waals surface area contributed by atoms with Crippen LogP contribution < -0.4 is 16.0 Å². The van der Waals surface area contributed by atoms with Crippen molar-refractivity contribution in [3.05, 3.63) is 12.7 Å². The number of aliphatic hydroxyl groups is 1. The number of nitrogens with one attached hydrogen (secondary N) is 3. The normalized spacial score (nSPS) is 45.7. The zero-order chi connectivity index (χ0) is 34.4. The molecule has 5 saturated heterocycles. The predicted molar refractivity (Wildman–Crippen MR) is 182 cm³/mol. The average Bonchev–Trinajstić information content (AvgIpc) is 3.06. The van der Waals surface area contributed by atoms with Gasteiger partial charge in [-0.1, -0.05) is 27.4 Å². The molecule has 6 aliphatic rings. The molecule has 2 bridgehead atoms. The minimum atomic E-state index is -1.03. The first-order chi connectivity index (χ1) is 23.0. The van der Waals surface area contributed by atoms with Crippen LogP contribution in [0, 0.1) is 29.6 Å². The van der Waals surface area contributed by atoms with Crippen LogP contribution in [0.25, 0.3) is 0 Å². The number of hydrogen-bond donors (Lipinski definition) is 4. The maximum Gasteiger partial charge on any atom is 0.320 e. The van der Waals surface area contributed by atoms with E-state index in [2.05, 4.69) is 62.0 Å². The molecule has 1 saturated carbocycles. The number of nitrogens with zero attached hydrogens (tertiary/aromatic N) is 3. The number of piperidine rings is 2. The van der Waals surface area contributed by atoms with Gasteiger partial charge in [0, 0.05) is 61.6 Å². The minimum Gasteiger partial charge on any atom is -0.388 e. The van der Waals surface area contributed by atoms with Gasteiger partial charge < -0.3 is 35.0 Å². The van der Waals surface area contributed by atoms with Crippen molar-refractivity contribution in [3.63, 3.8) is 0 Å². The van der Waals surface area contributed by atoms with Crippen molar-refractivity contribution in [2.45, 2.75) is 141 Å². The molecule has 272 valence electrons. The van der Waals surface area contributed by atoms with Crippen LogP contribution in [0.3, 0.4) is 0 Å². The van der Waals surface area contributed by atoms with E-state index in [0.29, 0.717) is 26.1 Å². The third kappa shape index (κ3) is 6.54. The number of piperazine rings is 1. The molecule has 1 aliphatic carbocycles. The molecule has 0 spiro atoms. The molecule has 6 rings (SSSR count). The number of ether oxygens (including phenoxy) is 2. The largest absolute Gasteiger partial charge is 0.388 e. The highest BCUT2D eigenvalue weighted by atomic mass is 19.1. The standard InChI is InChI=1S/C36H61FN6O5/c1-8-28(45)41-16-22(7)42(17-21(41)6)34-24-15-20(5)31-29-25(37)11-10-12-27(29)48-18-26(44)33(47-9-2)23-13-14-38-30(19(3)4)32(23)43(35(24)39-31)36(46)40-34/h8,19-27,29-35,38-39,44H,1,9-18H2,2-7H3,(H,40,46)/t20?,21-,22+,23?,24?,25?,26?,27?,29?,30?,31?,32?,33?,34?,35?/m1/s1. The van der Waals surface area contributed by atoms with E-state index in [4.69, 9.17) is 9.47 Å². The Bertz CT molecular complexity index is 1160. The zero-order valence-corrected chi connectivity index (χ0v) is 29.9. The highest BCUT2D eigenvalue weighted by molar-refractivity contribution is 5.87. The lowest BCUT2D eigenvalue weighted by molar-refractivity contribution is -0.165. The Labute approximate surface area is 286 Å². The molecule has 0 aromatic carbocycles. The number of halogens is 1. The molecular weight excluding hydrogens is 615 g/mol. The maximum atomic E-state index is 16.1. The summed E-state index contributed by atoms with van der Waals surface area (Å²) in [6.07, 6.45) is 1.50. The van der Waals surface area contributed by atoms with Crippen molar-refractivity contribution in [1.82, 2.24) is 30.7 Å². The Morgan fingerprint density at radius 1 is 1.15 bits per heavy atom. The van der Waals surface area contributed by atoms with Crippen molar-refractivity contribution >= 4 is 11.9 Å². The molecule has 0 aromatic heterocycles. The van der Waals surface area contributed by atoms with Gasteiger partial charge in [-0.15, -0.1) is 0 Å². The number of amides is 3. The molecule has 0 radical (unpaired) electrons.